The van der Waals surface area contributed by atoms with E-state index in [2.05, 4.69) is 30.9 Å². The minimum Gasteiger partial charge on any atom is -0.373 e. The standard InChI is InChI=1S/C22H24F3N3O4S/c1-21(2,3)17-9-7-16(8-10-17)20-26-19(27-32-20)14-31-12-11-15-5-4-6-18(13-15)28-33(29,30)22(23,24)25/h4-10,13,28H,11-12,14H2,1-3H3. The van der Waals surface area contributed by atoms with Crippen LogP contribution in [0.5, 0.6) is 0 Å². The van der Waals surface area contributed by atoms with Crippen molar-refractivity contribution in [3.05, 3.63) is 65.5 Å². The number of alkyl halides is 3. The molecule has 0 aliphatic heterocycles. The number of hydrogen-bond donors (Lipinski definition) is 1. The zero-order chi connectivity index (χ0) is 24.3. The van der Waals surface area contributed by atoms with Crippen LogP contribution in [0.3, 0.4) is 0 Å². The van der Waals surface area contributed by atoms with Crippen molar-refractivity contribution >= 4 is 15.7 Å². The van der Waals surface area contributed by atoms with Crippen LogP contribution >= 0.6 is 0 Å². The average Bonchev–Trinajstić information content (AvgIpc) is 3.19. The SMILES string of the molecule is CC(C)(C)c1ccc(-c2nc(COCCc3cccc(NS(=O)(=O)C(F)(F)F)c3)no2)cc1. The molecule has 7 nitrogen and oxygen atoms in total. The summed E-state index contributed by atoms with van der Waals surface area (Å²) in [6.07, 6.45) is 0.348. The Balaban J connectivity index is 1.52. The van der Waals surface area contributed by atoms with Crippen molar-refractivity contribution in [1.82, 2.24) is 10.1 Å². The largest absolute Gasteiger partial charge is 0.516 e. The van der Waals surface area contributed by atoms with Gasteiger partial charge in [-0.3, -0.25) is 4.72 Å². The lowest BCUT2D eigenvalue weighted by Crippen LogP contribution is -2.29. The van der Waals surface area contributed by atoms with Gasteiger partial charge in [-0.2, -0.15) is 26.6 Å². The first kappa shape index (κ1) is 24.7. The van der Waals surface area contributed by atoms with Gasteiger partial charge in [0.1, 0.15) is 6.61 Å². The van der Waals surface area contributed by atoms with E-state index in [0.29, 0.717) is 23.7 Å². The summed E-state index contributed by atoms with van der Waals surface area (Å²) in [6, 6.07) is 13.5. The Kier molecular flexibility index (Phi) is 7.13. The molecule has 2 aromatic carbocycles. The number of anilines is 1. The van der Waals surface area contributed by atoms with Gasteiger partial charge in [-0.25, -0.2) is 0 Å². The molecule has 1 aromatic heterocycles. The highest BCUT2D eigenvalue weighted by Gasteiger charge is 2.46. The summed E-state index contributed by atoms with van der Waals surface area (Å²) in [5.74, 6) is 0.732. The Labute approximate surface area is 190 Å². The van der Waals surface area contributed by atoms with E-state index in [-0.39, 0.29) is 24.3 Å². The van der Waals surface area contributed by atoms with E-state index in [9.17, 15) is 21.6 Å². The van der Waals surface area contributed by atoms with Gasteiger partial charge >= 0.3 is 15.5 Å². The molecule has 0 saturated carbocycles. The van der Waals surface area contributed by atoms with Crippen LogP contribution in [-0.4, -0.2) is 30.7 Å². The van der Waals surface area contributed by atoms with Crippen molar-refractivity contribution < 1.29 is 30.8 Å². The number of nitrogens with zero attached hydrogens (tertiary/aromatic N) is 2. The van der Waals surface area contributed by atoms with Crippen molar-refractivity contribution in [2.75, 3.05) is 11.3 Å². The zero-order valence-corrected chi connectivity index (χ0v) is 19.1. The minimum atomic E-state index is -5.47. The van der Waals surface area contributed by atoms with Crippen LogP contribution in [0.2, 0.25) is 0 Å². The molecule has 33 heavy (non-hydrogen) atoms. The molecule has 0 unspecified atom stereocenters. The maximum Gasteiger partial charge on any atom is 0.516 e. The number of sulfonamides is 1. The predicted octanol–water partition coefficient (Wildman–Crippen LogP) is 5.05. The molecule has 3 aromatic rings. The van der Waals surface area contributed by atoms with E-state index in [1.54, 1.807) is 6.07 Å². The first-order valence-corrected chi connectivity index (χ1v) is 11.5. The van der Waals surface area contributed by atoms with Crippen LogP contribution in [0.15, 0.2) is 53.1 Å². The Bertz CT molecular complexity index is 1180. The van der Waals surface area contributed by atoms with Gasteiger partial charge in [0.05, 0.1) is 6.61 Å². The number of benzene rings is 2. The van der Waals surface area contributed by atoms with Gasteiger partial charge in [-0.1, -0.05) is 50.2 Å². The van der Waals surface area contributed by atoms with E-state index >= 15 is 0 Å². The van der Waals surface area contributed by atoms with E-state index in [1.165, 1.54) is 28.5 Å². The molecule has 0 atom stereocenters. The monoisotopic (exact) mass is 483 g/mol. The highest BCUT2D eigenvalue weighted by molar-refractivity contribution is 7.93. The first-order valence-electron chi connectivity index (χ1n) is 10.0. The molecule has 0 radical (unpaired) electrons. The Morgan fingerprint density at radius 3 is 2.39 bits per heavy atom. The van der Waals surface area contributed by atoms with Gasteiger partial charge in [0.15, 0.2) is 5.82 Å². The number of rotatable bonds is 8. The molecule has 1 heterocycles. The van der Waals surface area contributed by atoms with Crippen LogP contribution in [0.4, 0.5) is 18.9 Å². The third kappa shape index (κ3) is 6.55. The van der Waals surface area contributed by atoms with Crippen LogP contribution < -0.4 is 4.72 Å². The summed E-state index contributed by atoms with van der Waals surface area (Å²) in [7, 11) is -5.47. The molecule has 0 spiro atoms. The maximum absolute atomic E-state index is 12.5. The second-order valence-electron chi connectivity index (χ2n) is 8.40. The summed E-state index contributed by atoms with van der Waals surface area (Å²) >= 11 is 0. The maximum atomic E-state index is 12.5. The molecule has 11 heteroatoms. The van der Waals surface area contributed by atoms with Gasteiger partial charge in [0, 0.05) is 11.3 Å². The fraction of sp³-hybridized carbons (Fsp3) is 0.364. The second kappa shape index (κ2) is 9.52. The summed E-state index contributed by atoms with van der Waals surface area (Å²) in [4.78, 5) is 4.31. The second-order valence-corrected chi connectivity index (χ2v) is 10.1. The Morgan fingerprint density at radius 1 is 1.06 bits per heavy atom. The molecular formula is C22H24F3N3O4S. The van der Waals surface area contributed by atoms with Gasteiger partial charge < -0.3 is 9.26 Å². The molecule has 178 valence electrons. The van der Waals surface area contributed by atoms with E-state index < -0.39 is 15.5 Å². The molecule has 0 amide bonds. The van der Waals surface area contributed by atoms with E-state index in [1.807, 2.05) is 24.3 Å². The third-order valence-electron chi connectivity index (χ3n) is 4.72. The molecule has 0 fully saturated rings. The molecule has 0 bridgehead atoms. The lowest BCUT2D eigenvalue weighted by Gasteiger charge is -2.18. The molecule has 3 rings (SSSR count). The van der Waals surface area contributed by atoms with Crippen molar-refractivity contribution in [3.63, 3.8) is 0 Å². The van der Waals surface area contributed by atoms with Gasteiger partial charge in [0.2, 0.25) is 0 Å². The summed E-state index contributed by atoms with van der Waals surface area (Å²) < 4.78 is 72.3. The van der Waals surface area contributed by atoms with Crippen molar-refractivity contribution in [2.45, 2.75) is 44.7 Å². The number of hydrogen-bond acceptors (Lipinski definition) is 6. The first-order chi connectivity index (χ1) is 15.3. The Morgan fingerprint density at radius 2 is 1.76 bits per heavy atom. The number of ether oxygens (including phenoxy) is 1. The summed E-state index contributed by atoms with van der Waals surface area (Å²) in [5, 5.41) is 3.89. The van der Waals surface area contributed by atoms with Crippen molar-refractivity contribution in [1.29, 1.82) is 0 Å². The fourth-order valence-corrected chi connectivity index (χ4v) is 3.45. The van der Waals surface area contributed by atoms with E-state index in [0.717, 1.165) is 5.56 Å². The molecule has 1 N–H and O–H groups in total. The van der Waals surface area contributed by atoms with E-state index in [4.69, 9.17) is 9.26 Å². The number of nitrogens with one attached hydrogen (secondary N) is 1. The van der Waals surface area contributed by atoms with Gasteiger partial charge in [-0.15, -0.1) is 0 Å². The molecular weight excluding hydrogens is 459 g/mol. The fourth-order valence-electron chi connectivity index (χ4n) is 2.90. The topological polar surface area (TPSA) is 94.3 Å². The van der Waals surface area contributed by atoms with Crippen LogP contribution in [0.1, 0.15) is 37.7 Å². The normalized spacial score (nSPS) is 12.7. The summed E-state index contributed by atoms with van der Waals surface area (Å²) in [6.45, 7) is 6.69. The lowest BCUT2D eigenvalue weighted by molar-refractivity contribution is -0.0429. The lowest BCUT2D eigenvalue weighted by atomic mass is 9.87. The van der Waals surface area contributed by atoms with Crippen LogP contribution in [0, 0.1) is 0 Å². The minimum absolute atomic E-state index is 0.0362. The highest BCUT2D eigenvalue weighted by atomic mass is 32.2. The van der Waals surface area contributed by atoms with Crippen molar-refractivity contribution in [3.8, 4) is 11.5 Å². The zero-order valence-electron chi connectivity index (χ0n) is 18.3. The quantitative estimate of drug-likeness (QED) is 0.451. The molecule has 0 aliphatic carbocycles. The third-order valence-corrected chi connectivity index (χ3v) is 5.83. The number of halogens is 3. The highest BCUT2D eigenvalue weighted by Crippen LogP contribution is 2.26. The molecule has 0 saturated heterocycles. The van der Waals surface area contributed by atoms with Gasteiger partial charge in [-0.05, 0) is 47.2 Å². The summed E-state index contributed by atoms with van der Waals surface area (Å²) in [5.41, 5.74) is -2.95. The van der Waals surface area contributed by atoms with Gasteiger partial charge in [0.25, 0.3) is 5.89 Å². The van der Waals surface area contributed by atoms with Crippen LogP contribution in [0.25, 0.3) is 11.5 Å². The Hall–Kier alpha value is -2.92. The predicted molar refractivity (Wildman–Crippen MR) is 117 cm³/mol. The average molecular weight is 484 g/mol. The van der Waals surface area contributed by atoms with Crippen molar-refractivity contribution in [2.24, 2.45) is 0 Å². The number of aromatic nitrogens is 2. The molecule has 0 aliphatic rings. The van der Waals surface area contributed by atoms with Crippen LogP contribution in [-0.2, 0) is 33.2 Å². The smallest absolute Gasteiger partial charge is 0.373 e.